The number of halogens is 2. The van der Waals surface area contributed by atoms with Crippen LogP contribution in [0.25, 0.3) is 0 Å². The molecule has 0 aromatic heterocycles. The van der Waals surface area contributed by atoms with E-state index in [1.54, 1.807) is 13.2 Å². The molecule has 6 heteroatoms. The second-order valence-electron chi connectivity index (χ2n) is 4.24. The molecule has 0 bridgehead atoms. The molecule has 0 fully saturated rings. The standard InChI is InChI=1S/C14H20BrFN2O2/c1-19-8-3-2-4-14(18-20-9-7-17)11-5-6-12(15)13(16)10-11/h5-6,10H,2-4,7-9,17H2,1H3/b18-14+. The summed E-state index contributed by atoms with van der Waals surface area (Å²) in [5, 5.41) is 4.07. The maximum atomic E-state index is 13.6. The van der Waals surface area contributed by atoms with Crippen molar-refractivity contribution in [3.05, 3.63) is 34.1 Å². The van der Waals surface area contributed by atoms with E-state index in [9.17, 15) is 4.39 Å². The molecule has 0 heterocycles. The highest BCUT2D eigenvalue weighted by molar-refractivity contribution is 9.10. The summed E-state index contributed by atoms with van der Waals surface area (Å²) in [6, 6.07) is 4.93. The van der Waals surface area contributed by atoms with Crippen LogP contribution in [-0.4, -0.2) is 32.6 Å². The Balaban J connectivity index is 2.74. The monoisotopic (exact) mass is 346 g/mol. The molecule has 1 rings (SSSR count). The lowest BCUT2D eigenvalue weighted by Crippen LogP contribution is -2.09. The van der Waals surface area contributed by atoms with E-state index in [1.165, 1.54) is 6.07 Å². The lowest BCUT2D eigenvalue weighted by Gasteiger charge is -2.08. The van der Waals surface area contributed by atoms with Crippen LogP contribution in [0, 0.1) is 5.82 Å². The minimum Gasteiger partial charge on any atom is -0.394 e. The predicted octanol–water partition coefficient (Wildman–Crippen LogP) is 3.08. The van der Waals surface area contributed by atoms with Crippen LogP contribution in [0.5, 0.6) is 0 Å². The second kappa shape index (κ2) is 9.85. The fraction of sp³-hybridized carbons (Fsp3) is 0.500. The van der Waals surface area contributed by atoms with Gasteiger partial charge in [0, 0.05) is 25.8 Å². The third-order valence-corrected chi connectivity index (χ3v) is 3.29. The van der Waals surface area contributed by atoms with Gasteiger partial charge in [-0.2, -0.15) is 0 Å². The number of methoxy groups -OCH3 is 1. The van der Waals surface area contributed by atoms with Crippen molar-refractivity contribution < 1.29 is 14.0 Å². The van der Waals surface area contributed by atoms with E-state index in [0.29, 0.717) is 30.7 Å². The first-order valence-electron chi connectivity index (χ1n) is 6.52. The number of hydrogen-bond donors (Lipinski definition) is 1. The van der Waals surface area contributed by atoms with E-state index < -0.39 is 0 Å². The molecule has 0 radical (unpaired) electrons. The highest BCUT2D eigenvalue weighted by Crippen LogP contribution is 2.18. The summed E-state index contributed by atoms with van der Waals surface area (Å²) >= 11 is 3.14. The molecule has 112 valence electrons. The van der Waals surface area contributed by atoms with Crippen LogP contribution in [0.2, 0.25) is 0 Å². The zero-order chi connectivity index (χ0) is 14.8. The van der Waals surface area contributed by atoms with E-state index in [-0.39, 0.29) is 5.82 Å². The fourth-order valence-corrected chi connectivity index (χ4v) is 1.88. The molecule has 0 amide bonds. The number of nitrogens with zero attached hydrogens (tertiary/aromatic N) is 1. The summed E-state index contributed by atoms with van der Waals surface area (Å²) < 4.78 is 19.0. The third-order valence-electron chi connectivity index (χ3n) is 2.65. The summed E-state index contributed by atoms with van der Waals surface area (Å²) in [7, 11) is 1.67. The van der Waals surface area contributed by atoms with E-state index in [4.69, 9.17) is 15.3 Å². The summed E-state index contributed by atoms with van der Waals surface area (Å²) in [4.78, 5) is 5.12. The Morgan fingerprint density at radius 1 is 1.35 bits per heavy atom. The van der Waals surface area contributed by atoms with Gasteiger partial charge >= 0.3 is 0 Å². The third kappa shape index (κ3) is 5.98. The van der Waals surface area contributed by atoms with Gasteiger partial charge in [0.2, 0.25) is 0 Å². The van der Waals surface area contributed by atoms with Gasteiger partial charge in [0.05, 0.1) is 10.2 Å². The Morgan fingerprint density at radius 3 is 2.80 bits per heavy atom. The van der Waals surface area contributed by atoms with Crippen molar-refractivity contribution in [2.45, 2.75) is 19.3 Å². The summed E-state index contributed by atoms with van der Waals surface area (Å²) in [6.07, 6.45) is 2.52. The van der Waals surface area contributed by atoms with Crippen molar-refractivity contribution in [1.82, 2.24) is 0 Å². The van der Waals surface area contributed by atoms with Crippen molar-refractivity contribution in [2.24, 2.45) is 10.9 Å². The lowest BCUT2D eigenvalue weighted by molar-refractivity contribution is 0.151. The second-order valence-corrected chi connectivity index (χ2v) is 5.09. The number of oxime groups is 1. The van der Waals surface area contributed by atoms with E-state index in [2.05, 4.69) is 21.1 Å². The van der Waals surface area contributed by atoms with Crippen LogP contribution in [0.4, 0.5) is 4.39 Å². The molecule has 4 nitrogen and oxygen atoms in total. The molecule has 0 aliphatic heterocycles. The van der Waals surface area contributed by atoms with Crippen LogP contribution in [-0.2, 0) is 9.57 Å². The molecule has 0 atom stereocenters. The van der Waals surface area contributed by atoms with E-state index in [1.807, 2.05) is 6.07 Å². The zero-order valence-corrected chi connectivity index (χ0v) is 13.2. The predicted molar refractivity (Wildman–Crippen MR) is 81.4 cm³/mol. The molecule has 0 unspecified atom stereocenters. The molecule has 1 aromatic carbocycles. The molecule has 0 aliphatic rings. The average molecular weight is 347 g/mol. The van der Waals surface area contributed by atoms with Gasteiger partial charge in [-0.1, -0.05) is 11.2 Å². The molecule has 0 saturated carbocycles. The molecular formula is C14H20BrFN2O2. The minimum absolute atomic E-state index is 0.314. The largest absolute Gasteiger partial charge is 0.394 e. The van der Waals surface area contributed by atoms with Gasteiger partial charge in [0.15, 0.2) is 0 Å². The van der Waals surface area contributed by atoms with Crippen LogP contribution in [0.1, 0.15) is 24.8 Å². The highest BCUT2D eigenvalue weighted by Gasteiger charge is 2.08. The Kier molecular flexibility index (Phi) is 8.41. The number of hydrogen-bond acceptors (Lipinski definition) is 4. The molecule has 1 aromatic rings. The lowest BCUT2D eigenvalue weighted by atomic mass is 10.0. The first-order valence-corrected chi connectivity index (χ1v) is 7.31. The van der Waals surface area contributed by atoms with Crippen molar-refractivity contribution in [1.29, 1.82) is 0 Å². The number of unbranched alkanes of at least 4 members (excludes halogenated alkanes) is 1. The molecule has 0 saturated heterocycles. The summed E-state index contributed by atoms with van der Waals surface area (Å²) in [5.74, 6) is -0.314. The minimum atomic E-state index is -0.314. The maximum absolute atomic E-state index is 13.6. The van der Waals surface area contributed by atoms with Crippen molar-refractivity contribution in [3.8, 4) is 0 Å². The Hall–Kier alpha value is -0.980. The maximum Gasteiger partial charge on any atom is 0.138 e. The van der Waals surface area contributed by atoms with Gasteiger partial charge in [-0.3, -0.25) is 0 Å². The summed E-state index contributed by atoms with van der Waals surface area (Å²) in [6.45, 7) is 1.45. The van der Waals surface area contributed by atoms with Crippen LogP contribution in [0.15, 0.2) is 27.8 Å². The van der Waals surface area contributed by atoms with Gasteiger partial charge in [-0.25, -0.2) is 4.39 Å². The van der Waals surface area contributed by atoms with Crippen LogP contribution in [0.3, 0.4) is 0 Å². The van der Waals surface area contributed by atoms with Crippen molar-refractivity contribution in [3.63, 3.8) is 0 Å². The molecule has 20 heavy (non-hydrogen) atoms. The van der Waals surface area contributed by atoms with Gasteiger partial charge < -0.3 is 15.3 Å². The molecular weight excluding hydrogens is 327 g/mol. The Morgan fingerprint density at radius 2 is 2.15 bits per heavy atom. The van der Waals surface area contributed by atoms with E-state index in [0.717, 1.165) is 24.1 Å². The Labute approximate surface area is 127 Å². The number of rotatable bonds is 9. The quantitative estimate of drug-likeness (QED) is 0.424. The summed E-state index contributed by atoms with van der Waals surface area (Å²) in [5.41, 5.74) is 6.81. The van der Waals surface area contributed by atoms with Crippen LogP contribution >= 0.6 is 15.9 Å². The van der Waals surface area contributed by atoms with Crippen molar-refractivity contribution >= 4 is 21.6 Å². The SMILES string of the molecule is COCCCC/C(=N\OCCN)c1ccc(Br)c(F)c1. The van der Waals surface area contributed by atoms with Gasteiger partial charge in [0.25, 0.3) is 0 Å². The smallest absolute Gasteiger partial charge is 0.138 e. The van der Waals surface area contributed by atoms with Crippen LogP contribution < -0.4 is 5.73 Å². The Bertz CT molecular complexity index is 441. The van der Waals surface area contributed by atoms with Gasteiger partial charge in [0.1, 0.15) is 12.4 Å². The molecule has 0 spiro atoms. The molecule has 2 N–H and O–H groups in total. The van der Waals surface area contributed by atoms with Gasteiger partial charge in [-0.15, -0.1) is 0 Å². The first-order chi connectivity index (χ1) is 9.69. The molecule has 0 aliphatic carbocycles. The highest BCUT2D eigenvalue weighted by atomic mass is 79.9. The average Bonchev–Trinajstić information content (AvgIpc) is 2.45. The fourth-order valence-electron chi connectivity index (χ4n) is 1.63. The van der Waals surface area contributed by atoms with Crippen molar-refractivity contribution in [2.75, 3.05) is 26.9 Å². The normalized spacial score (nSPS) is 11.7. The van der Waals surface area contributed by atoms with Gasteiger partial charge in [-0.05, 0) is 47.3 Å². The van der Waals surface area contributed by atoms with E-state index >= 15 is 0 Å². The number of nitrogens with two attached hydrogens (primary N) is 1. The zero-order valence-electron chi connectivity index (χ0n) is 11.6. The number of benzene rings is 1. The first kappa shape index (κ1) is 17.1. The number of ether oxygens (including phenoxy) is 1. The topological polar surface area (TPSA) is 56.8 Å².